The lowest BCUT2D eigenvalue weighted by Gasteiger charge is -2.29. The fourth-order valence-electron chi connectivity index (χ4n) is 4.16. The van der Waals surface area contributed by atoms with Crippen molar-refractivity contribution in [3.05, 3.63) is 35.9 Å². The highest BCUT2D eigenvalue weighted by molar-refractivity contribution is 5.84. The van der Waals surface area contributed by atoms with Gasteiger partial charge in [-0.25, -0.2) is 0 Å². The van der Waals surface area contributed by atoms with Crippen molar-refractivity contribution in [3.63, 3.8) is 0 Å². The Hall–Kier alpha value is -2.37. The van der Waals surface area contributed by atoms with E-state index in [9.17, 15) is 14.4 Å². The average Bonchev–Trinajstić information content (AvgIpc) is 3.47. The quantitative estimate of drug-likeness (QED) is 0.832. The minimum atomic E-state index is -1.000. The highest BCUT2D eigenvalue weighted by Gasteiger charge is 2.39. The van der Waals surface area contributed by atoms with E-state index >= 15 is 0 Å². The summed E-state index contributed by atoms with van der Waals surface area (Å²) in [6.45, 7) is 2.38. The predicted octanol–water partition coefficient (Wildman–Crippen LogP) is 2.49. The Kier molecular flexibility index (Phi) is 6.14. The van der Waals surface area contributed by atoms with E-state index in [1.165, 1.54) is 11.8 Å². The third kappa shape index (κ3) is 4.87. The molecule has 1 aromatic carbocycles. The van der Waals surface area contributed by atoms with Crippen LogP contribution in [0.1, 0.15) is 50.5 Å². The summed E-state index contributed by atoms with van der Waals surface area (Å²) in [5, 5.41) is 9.08. The van der Waals surface area contributed by atoms with Gasteiger partial charge >= 0.3 is 5.97 Å². The number of amides is 2. The van der Waals surface area contributed by atoms with E-state index < -0.39 is 5.97 Å². The van der Waals surface area contributed by atoms with Gasteiger partial charge in [0.25, 0.3) is 0 Å². The standard InChI is InChI=1S/C21H28N2O4/c1-15(24)23(14-19(25)26)18-8-5-12-22(13-11-18)21(27)20(17-9-10-17)16-6-3-2-4-7-16/h2-4,6-7,17-18,20H,5,8-14H2,1H3,(H,25,26). The number of hydrogen-bond acceptors (Lipinski definition) is 3. The molecule has 6 nitrogen and oxygen atoms in total. The van der Waals surface area contributed by atoms with Crippen LogP contribution in [0, 0.1) is 5.92 Å². The number of nitrogens with zero attached hydrogens (tertiary/aromatic N) is 2. The molecule has 1 aliphatic carbocycles. The third-order valence-corrected chi connectivity index (χ3v) is 5.68. The summed E-state index contributed by atoms with van der Waals surface area (Å²) in [5.74, 6) is -0.690. The minimum absolute atomic E-state index is 0.0781. The summed E-state index contributed by atoms with van der Waals surface area (Å²) in [7, 11) is 0. The normalized spacial score (nSPS) is 21.2. The first kappa shape index (κ1) is 19.4. The number of carbonyl (C=O) groups excluding carboxylic acids is 2. The van der Waals surface area contributed by atoms with Gasteiger partial charge in [0.2, 0.25) is 11.8 Å². The number of aliphatic carboxylic acids is 1. The van der Waals surface area contributed by atoms with Crippen LogP contribution in [0.25, 0.3) is 0 Å². The molecule has 2 unspecified atom stereocenters. The summed E-state index contributed by atoms with van der Waals surface area (Å²) in [5.41, 5.74) is 1.09. The number of likely N-dealkylation sites (tertiary alicyclic amines) is 1. The predicted molar refractivity (Wildman–Crippen MR) is 101 cm³/mol. The van der Waals surface area contributed by atoms with Crippen LogP contribution >= 0.6 is 0 Å². The van der Waals surface area contributed by atoms with Gasteiger partial charge in [0.15, 0.2) is 0 Å². The molecule has 2 fully saturated rings. The van der Waals surface area contributed by atoms with Gasteiger partial charge in [0, 0.05) is 26.1 Å². The molecule has 3 rings (SSSR count). The molecule has 1 saturated heterocycles. The van der Waals surface area contributed by atoms with Gasteiger partial charge in [-0.3, -0.25) is 14.4 Å². The molecule has 2 atom stereocenters. The van der Waals surface area contributed by atoms with E-state index in [2.05, 4.69) is 0 Å². The largest absolute Gasteiger partial charge is 0.480 e. The lowest BCUT2D eigenvalue weighted by Crippen LogP contribution is -2.43. The maximum absolute atomic E-state index is 13.3. The number of hydrogen-bond donors (Lipinski definition) is 1. The van der Waals surface area contributed by atoms with Gasteiger partial charge in [-0.2, -0.15) is 0 Å². The minimum Gasteiger partial charge on any atom is -0.480 e. The molecule has 0 spiro atoms. The van der Waals surface area contributed by atoms with Crippen molar-refractivity contribution in [1.82, 2.24) is 9.80 Å². The van der Waals surface area contributed by atoms with Gasteiger partial charge in [-0.05, 0) is 43.6 Å². The zero-order valence-electron chi connectivity index (χ0n) is 15.8. The van der Waals surface area contributed by atoms with Crippen LogP contribution in [0.15, 0.2) is 30.3 Å². The number of carboxylic acid groups (broad SMARTS) is 1. The molecule has 1 N–H and O–H groups in total. The molecule has 0 bridgehead atoms. The second-order valence-corrected chi connectivity index (χ2v) is 7.68. The van der Waals surface area contributed by atoms with Crippen LogP contribution in [0.2, 0.25) is 0 Å². The Labute approximate surface area is 160 Å². The maximum atomic E-state index is 13.3. The zero-order valence-corrected chi connectivity index (χ0v) is 15.8. The van der Waals surface area contributed by atoms with Crippen LogP contribution in [0.4, 0.5) is 0 Å². The molecule has 1 heterocycles. The van der Waals surface area contributed by atoms with Crippen molar-refractivity contribution >= 4 is 17.8 Å². The summed E-state index contributed by atoms with van der Waals surface area (Å²) >= 11 is 0. The molecule has 1 aliphatic heterocycles. The molecule has 6 heteroatoms. The second-order valence-electron chi connectivity index (χ2n) is 7.68. The summed E-state index contributed by atoms with van der Waals surface area (Å²) in [6, 6.07) is 9.87. The number of benzene rings is 1. The second kappa shape index (κ2) is 8.55. The molecule has 1 saturated carbocycles. The highest BCUT2D eigenvalue weighted by Crippen LogP contribution is 2.43. The fourth-order valence-corrected chi connectivity index (χ4v) is 4.16. The van der Waals surface area contributed by atoms with E-state index in [-0.39, 0.29) is 30.3 Å². The highest BCUT2D eigenvalue weighted by atomic mass is 16.4. The Morgan fingerprint density at radius 1 is 1.11 bits per heavy atom. The summed E-state index contributed by atoms with van der Waals surface area (Å²) in [4.78, 5) is 39.6. The maximum Gasteiger partial charge on any atom is 0.323 e. The van der Waals surface area contributed by atoms with Gasteiger partial charge in [-0.1, -0.05) is 30.3 Å². The SMILES string of the molecule is CC(=O)N(CC(=O)O)C1CCCN(C(=O)C(c2ccccc2)C2CC2)CC1. The zero-order chi connectivity index (χ0) is 19.4. The molecule has 0 aromatic heterocycles. The van der Waals surface area contributed by atoms with Crippen molar-refractivity contribution in [2.45, 2.75) is 51.0 Å². The van der Waals surface area contributed by atoms with E-state index in [4.69, 9.17) is 5.11 Å². The average molecular weight is 372 g/mol. The lowest BCUT2D eigenvalue weighted by molar-refractivity contribution is -0.145. The summed E-state index contributed by atoms with van der Waals surface area (Å²) < 4.78 is 0. The van der Waals surface area contributed by atoms with Crippen molar-refractivity contribution in [3.8, 4) is 0 Å². The van der Waals surface area contributed by atoms with Gasteiger partial charge < -0.3 is 14.9 Å². The molecule has 2 amide bonds. The smallest absolute Gasteiger partial charge is 0.323 e. The van der Waals surface area contributed by atoms with Gasteiger partial charge in [0.05, 0.1) is 5.92 Å². The first-order valence-corrected chi connectivity index (χ1v) is 9.80. The Bertz CT molecular complexity index is 687. The Morgan fingerprint density at radius 2 is 1.81 bits per heavy atom. The van der Waals surface area contributed by atoms with Crippen molar-refractivity contribution < 1.29 is 19.5 Å². The number of carbonyl (C=O) groups is 3. The monoisotopic (exact) mass is 372 g/mol. The fraction of sp³-hybridized carbons (Fsp3) is 0.571. The van der Waals surface area contributed by atoms with Crippen LogP contribution in [-0.2, 0) is 14.4 Å². The summed E-state index contributed by atoms with van der Waals surface area (Å²) in [6.07, 6.45) is 4.34. The first-order valence-electron chi connectivity index (χ1n) is 9.80. The van der Waals surface area contributed by atoms with Crippen molar-refractivity contribution in [1.29, 1.82) is 0 Å². The van der Waals surface area contributed by atoms with Crippen molar-refractivity contribution in [2.24, 2.45) is 5.92 Å². The Morgan fingerprint density at radius 3 is 2.41 bits per heavy atom. The van der Waals surface area contributed by atoms with Crippen LogP contribution in [0.5, 0.6) is 0 Å². The number of rotatable bonds is 6. The van der Waals surface area contributed by atoms with Crippen LogP contribution < -0.4 is 0 Å². The van der Waals surface area contributed by atoms with E-state index in [1.807, 2.05) is 35.2 Å². The van der Waals surface area contributed by atoms with Crippen molar-refractivity contribution in [2.75, 3.05) is 19.6 Å². The van der Waals surface area contributed by atoms with Gasteiger partial charge in [-0.15, -0.1) is 0 Å². The topological polar surface area (TPSA) is 77.9 Å². The molecule has 27 heavy (non-hydrogen) atoms. The number of carboxylic acids is 1. The van der Waals surface area contributed by atoms with E-state index in [0.717, 1.165) is 31.2 Å². The molecular formula is C21H28N2O4. The van der Waals surface area contributed by atoms with Crippen LogP contribution in [-0.4, -0.2) is 58.4 Å². The first-order chi connectivity index (χ1) is 13.0. The molecule has 0 radical (unpaired) electrons. The third-order valence-electron chi connectivity index (χ3n) is 5.68. The van der Waals surface area contributed by atoms with E-state index in [0.29, 0.717) is 25.4 Å². The lowest BCUT2D eigenvalue weighted by atomic mass is 9.92. The van der Waals surface area contributed by atoms with E-state index in [1.54, 1.807) is 0 Å². The van der Waals surface area contributed by atoms with Crippen LogP contribution in [0.3, 0.4) is 0 Å². The molecule has 1 aromatic rings. The van der Waals surface area contributed by atoms with Gasteiger partial charge in [0.1, 0.15) is 6.54 Å². The molecule has 2 aliphatic rings. The Balaban J connectivity index is 1.68. The molecule has 146 valence electrons. The molecular weight excluding hydrogens is 344 g/mol.